The standard InChI is InChI=1S/C30H32F3N5O9S/c1-5-29(23-16-37(36-35-23)15-20-11-12-21(43-3)13-22(20)44-4)25(45-17-19-9-7-6-8-10-19)24(47-48(41,42)30(31,32)33)27(46-29)38-14-18(2)26(39)34-28(38)40/h6-14,16,24-25,27H,5,15,17H2,1-4H3,(H,34,39,40)/t24-,25?,27+,29-/m0/s1. The topological polar surface area (TPSA) is 166 Å². The minimum Gasteiger partial charge on any atom is -0.497 e. The molecule has 0 saturated carbocycles. The van der Waals surface area contributed by atoms with Crippen molar-refractivity contribution in [3.8, 4) is 11.5 Å². The molecule has 5 rings (SSSR count). The van der Waals surface area contributed by atoms with E-state index < -0.39 is 50.9 Å². The fourth-order valence-corrected chi connectivity index (χ4v) is 6.04. The number of hydrogen-bond acceptors (Lipinski definition) is 11. The van der Waals surface area contributed by atoms with Gasteiger partial charge < -0.3 is 18.9 Å². The van der Waals surface area contributed by atoms with E-state index in [9.17, 15) is 31.2 Å². The monoisotopic (exact) mass is 695 g/mol. The number of aryl methyl sites for hydroxylation is 1. The Hall–Kier alpha value is -4.52. The van der Waals surface area contributed by atoms with Gasteiger partial charge >= 0.3 is 21.3 Å². The van der Waals surface area contributed by atoms with Crippen molar-refractivity contribution in [2.45, 2.75) is 63.0 Å². The van der Waals surface area contributed by atoms with Crippen LogP contribution in [0.2, 0.25) is 0 Å². The SMILES string of the molecule is CC[C@@]1(c2cn(Cc3ccc(OC)cc3OC)nn2)O[C@@H](n2cc(C)c(=O)[nH]c2=O)[C@@H](OS(=O)(=O)C(F)(F)F)C1OCc1ccccc1. The second kappa shape index (κ2) is 13.5. The summed E-state index contributed by atoms with van der Waals surface area (Å²) in [5.74, 6) is 1.03. The van der Waals surface area contributed by atoms with E-state index in [0.29, 0.717) is 22.6 Å². The van der Waals surface area contributed by atoms with Crippen LogP contribution in [0.5, 0.6) is 11.5 Å². The zero-order chi connectivity index (χ0) is 34.9. The third kappa shape index (κ3) is 6.73. The molecule has 1 aliphatic heterocycles. The highest BCUT2D eigenvalue weighted by atomic mass is 32.2. The van der Waals surface area contributed by atoms with E-state index >= 15 is 0 Å². The molecule has 0 amide bonds. The lowest BCUT2D eigenvalue weighted by atomic mass is 9.89. The van der Waals surface area contributed by atoms with Gasteiger partial charge in [-0.1, -0.05) is 42.5 Å². The van der Waals surface area contributed by atoms with Crippen molar-refractivity contribution < 1.29 is 44.7 Å². The Bertz CT molecular complexity index is 1980. The molecule has 14 nitrogen and oxygen atoms in total. The third-order valence-electron chi connectivity index (χ3n) is 7.91. The first kappa shape index (κ1) is 34.8. The maximum absolute atomic E-state index is 13.8. The van der Waals surface area contributed by atoms with Crippen molar-refractivity contribution in [2.75, 3.05) is 14.2 Å². The molecule has 3 heterocycles. The number of H-pyrrole nitrogens is 1. The number of ether oxygens (including phenoxy) is 4. The van der Waals surface area contributed by atoms with E-state index in [1.807, 2.05) is 0 Å². The number of alkyl halides is 3. The summed E-state index contributed by atoms with van der Waals surface area (Å²) in [4.78, 5) is 27.3. The van der Waals surface area contributed by atoms with Crippen LogP contribution in [0.1, 0.15) is 42.0 Å². The minimum absolute atomic E-state index is 0.00855. The van der Waals surface area contributed by atoms with E-state index in [2.05, 4.69) is 15.3 Å². The lowest BCUT2D eigenvalue weighted by Crippen LogP contribution is -2.46. The molecule has 1 N–H and O–H groups in total. The summed E-state index contributed by atoms with van der Waals surface area (Å²) >= 11 is 0. The van der Waals surface area contributed by atoms with Gasteiger partial charge in [-0.15, -0.1) is 5.10 Å². The van der Waals surface area contributed by atoms with Crippen molar-refractivity contribution in [1.82, 2.24) is 24.5 Å². The molecule has 0 spiro atoms. The van der Waals surface area contributed by atoms with Gasteiger partial charge in [0.1, 0.15) is 28.9 Å². The average molecular weight is 696 g/mol. The van der Waals surface area contributed by atoms with Gasteiger partial charge in [0.25, 0.3) is 5.56 Å². The molecular formula is C30H32F3N5O9S. The molecule has 4 atom stereocenters. The van der Waals surface area contributed by atoms with Crippen LogP contribution in [0.25, 0.3) is 0 Å². The van der Waals surface area contributed by atoms with Gasteiger partial charge in [-0.05, 0) is 31.0 Å². The Morgan fingerprint density at radius 3 is 2.44 bits per heavy atom. The number of aromatic amines is 1. The summed E-state index contributed by atoms with van der Waals surface area (Å²) in [6.45, 7) is 2.87. The number of hydrogen-bond donors (Lipinski definition) is 1. The summed E-state index contributed by atoms with van der Waals surface area (Å²) in [6.07, 6.45) is -3.13. The molecule has 2 aromatic heterocycles. The molecule has 1 aliphatic rings. The Labute approximate surface area is 272 Å². The van der Waals surface area contributed by atoms with Gasteiger partial charge in [-0.3, -0.25) is 18.5 Å². The molecule has 0 radical (unpaired) electrons. The number of benzene rings is 2. The molecule has 48 heavy (non-hydrogen) atoms. The van der Waals surface area contributed by atoms with Crippen molar-refractivity contribution in [3.05, 3.63) is 104 Å². The van der Waals surface area contributed by atoms with Gasteiger partial charge in [0.15, 0.2) is 12.3 Å². The minimum atomic E-state index is -6.27. The lowest BCUT2D eigenvalue weighted by molar-refractivity contribution is -0.132. The predicted octanol–water partition coefficient (Wildman–Crippen LogP) is 3.16. The van der Waals surface area contributed by atoms with E-state index in [1.165, 1.54) is 32.0 Å². The smallest absolute Gasteiger partial charge is 0.497 e. The number of methoxy groups -OCH3 is 2. The van der Waals surface area contributed by atoms with Crippen molar-refractivity contribution in [2.24, 2.45) is 0 Å². The van der Waals surface area contributed by atoms with Crippen LogP contribution >= 0.6 is 0 Å². The molecule has 4 aromatic rings. The van der Waals surface area contributed by atoms with E-state index in [-0.39, 0.29) is 30.8 Å². The van der Waals surface area contributed by atoms with Crippen LogP contribution in [-0.4, -0.2) is 64.9 Å². The van der Waals surface area contributed by atoms with Gasteiger partial charge in [0, 0.05) is 23.4 Å². The lowest BCUT2D eigenvalue weighted by Gasteiger charge is -2.32. The molecule has 0 bridgehead atoms. The Kier molecular flexibility index (Phi) is 9.82. The molecular weight excluding hydrogens is 663 g/mol. The third-order valence-corrected chi connectivity index (χ3v) is 8.95. The van der Waals surface area contributed by atoms with E-state index in [0.717, 1.165) is 10.8 Å². The maximum atomic E-state index is 13.8. The number of nitrogens with zero attached hydrogens (tertiary/aromatic N) is 4. The van der Waals surface area contributed by atoms with Crippen LogP contribution in [0.4, 0.5) is 13.2 Å². The fourth-order valence-electron chi connectivity index (χ4n) is 5.44. The number of nitrogens with one attached hydrogen (secondary N) is 1. The number of rotatable bonds is 12. The largest absolute Gasteiger partial charge is 0.523 e. The van der Waals surface area contributed by atoms with Crippen LogP contribution in [0.3, 0.4) is 0 Å². The predicted molar refractivity (Wildman–Crippen MR) is 162 cm³/mol. The Morgan fingerprint density at radius 1 is 1.06 bits per heavy atom. The summed E-state index contributed by atoms with van der Waals surface area (Å²) in [5.41, 5.74) is -8.19. The van der Waals surface area contributed by atoms with Gasteiger partial charge in [-0.2, -0.15) is 21.6 Å². The molecule has 1 saturated heterocycles. The molecule has 0 aliphatic carbocycles. The van der Waals surface area contributed by atoms with Crippen molar-refractivity contribution >= 4 is 10.1 Å². The highest BCUT2D eigenvalue weighted by Crippen LogP contribution is 2.49. The van der Waals surface area contributed by atoms with Crippen LogP contribution in [0.15, 0.2) is 70.5 Å². The summed E-state index contributed by atoms with van der Waals surface area (Å²) in [6, 6.07) is 13.7. The maximum Gasteiger partial charge on any atom is 0.523 e. The zero-order valence-corrected chi connectivity index (χ0v) is 26.9. The second-order valence-corrected chi connectivity index (χ2v) is 12.5. The van der Waals surface area contributed by atoms with Crippen molar-refractivity contribution in [1.29, 1.82) is 0 Å². The van der Waals surface area contributed by atoms with Crippen LogP contribution in [-0.2, 0) is 42.5 Å². The van der Waals surface area contributed by atoms with Gasteiger partial charge in [0.05, 0.1) is 33.6 Å². The molecule has 2 aromatic carbocycles. The van der Waals surface area contributed by atoms with Gasteiger partial charge in [0.2, 0.25) is 0 Å². The molecule has 258 valence electrons. The van der Waals surface area contributed by atoms with Crippen LogP contribution < -0.4 is 20.7 Å². The number of aromatic nitrogens is 5. The highest BCUT2D eigenvalue weighted by Gasteiger charge is 2.62. The van der Waals surface area contributed by atoms with Crippen LogP contribution in [0, 0.1) is 6.92 Å². The van der Waals surface area contributed by atoms with Gasteiger partial charge in [-0.25, -0.2) is 9.48 Å². The number of halogens is 3. The zero-order valence-electron chi connectivity index (χ0n) is 26.1. The summed E-state index contributed by atoms with van der Waals surface area (Å²) < 4.78 is 96.6. The molecule has 18 heteroatoms. The fraction of sp³-hybridized carbons (Fsp3) is 0.400. The Balaban J connectivity index is 1.64. The second-order valence-electron chi connectivity index (χ2n) is 10.9. The first-order chi connectivity index (χ1) is 22.7. The first-order valence-corrected chi connectivity index (χ1v) is 15.9. The summed E-state index contributed by atoms with van der Waals surface area (Å²) in [7, 11) is -3.28. The highest BCUT2D eigenvalue weighted by molar-refractivity contribution is 7.87. The Morgan fingerprint density at radius 2 is 1.79 bits per heavy atom. The van der Waals surface area contributed by atoms with E-state index in [4.69, 9.17) is 23.1 Å². The summed E-state index contributed by atoms with van der Waals surface area (Å²) in [5, 5.41) is 8.45. The van der Waals surface area contributed by atoms with Crippen molar-refractivity contribution in [3.63, 3.8) is 0 Å². The first-order valence-electron chi connectivity index (χ1n) is 14.5. The molecule has 1 unspecified atom stereocenters. The normalized spacial score (nSPS) is 21.4. The average Bonchev–Trinajstić information content (AvgIpc) is 3.64. The quantitative estimate of drug-likeness (QED) is 0.171. The molecule has 1 fully saturated rings. The van der Waals surface area contributed by atoms with E-state index in [1.54, 1.807) is 55.5 Å².